The lowest BCUT2D eigenvalue weighted by atomic mass is 10.1. The average molecular weight is 411 g/mol. The lowest BCUT2D eigenvalue weighted by molar-refractivity contribution is -0.116. The van der Waals surface area contributed by atoms with Crippen molar-refractivity contribution in [3.8, 4) is 0 Å². The number of esters is 2. The largest absolute Gasteiger partial charge is 0.462 e. The summed E-state index contributed by atoms with van der Waals surface area (Å²) in [5, 5.41) is 10.5. The summed E-state index contributed by atoms with van der Waals surface area (Å²) in [6.45, 7) is 4.70. The van der Waals surface area contributed by atoms with E-state index in [1.165, 1.54) is 23.3 Å². The van der Waals surface area contributed by atoms with Gasteiger partial charge in [-0.25, -0.2) is 9.59 Å². The van der Waals surface area contributed by atoms with Gasteiger partial charge < -0.3 is 19.6 Å². The maximum atomic E-state index is 12.5. The number of hydrogen-bond donors (Lipinski definition) is 2. The van der Waals surface area contributed by atoms with Crippen LogP contribution in [0.25, 0.3) is 0 Å². The molecular weight excluding hydrogens is 390 g/mol. The van der Waals surface area contributed by atoms with Crippen LogP contribution in [0.1, 0.15) is 40.3 Å². The molecule has 0 fully saturated rings. The smallest absolute Gasteiger partial charge is 0.344 e. The van der Waals surface area contributed by atoms with Gasteiger partial charge in [0, 0.05) is 0 Å². The third-order valence-electron chi connectivity index (χ3n) is 3.53. The summed E-state index contributed by atoms with van der Waals surface area (Å²) in [4.78, 5) is 37.1. The number of nitrogens with zero attached hydrogens (tertiary/aromatic N) is 3. The lowest BCUT2D eigenvalue weighted by Gasteiger charge is -2.08. The monoisotopic (exact) mass is 411 g/mol. The van der Waals surface area contributed by atoms with Gasteiger partial charge in [-0.3, -0.25) is 14.7 Å². The maximum Gasteiger partial charge on any atom is 0.344 e. The molecule has 2 heterocycles. The maximum absolute atomic E-state index is 12.5. The molecule has 0 aliphatic heterocycles. The fourth-order valence-corrected chi connectivity index (χ4v) is 2.89. The molecule has 2 rings (SSSR count). The molecule has 0 unspecified atom stereocenters. The number of carbonyl (C=O) groups is 3. The number of amides is 1. The number of nitrogen functional groups attached to an aromatic ring is 1. The molecule has 28 heavy (non-hydrogen) atoms. The molecule has 0 aliphatic carbocycles. The minimum absolute atomic E-state index is 0.0629. The van der Waals surface area contributed by atoms with Crippen LogP contribution in [-0.4, -0.2) is 52.1 Å². The predicted molar refractivity (Wildman–Crippen MR) is 100 cm³/mol. The van der Waals surface area contributed by atoms with Crippen molar-refractivity contribution in [3.05, 3.63) is 16.9 Å². The fraction of sp³-hybridized carbons (Fsp3) is 0.438. The number of hydrogen-bond acceptors (Lipinski definition) is 10. The number of carbonyl (C=O) groups excluding carboxylic acids is 3. The topological polar surface area (TPSA) is 152 Å². The van der Waals surface area contributed by atoms with E-state index < -0.39 is 17.8 Å². The molecule has 0 radical (unpaired) electrons. The summed E-state index contributed by atoms with van der Waals surface area (Å²) in [7, 11) is 0. The molecule has 152 valence electrons. The SMILES string of the molecule is CCOC(=O)c1c(C)oc(NC(=O)Cn2c(N)nnc2SC)c1C(=O)OCC. The van der Waals surface area contributed by atoms with Crippen LogP contribution in [0.2, 0.25) is 0 Å². The standard InChI is InChI=1S/C16H21N5O6S/c1-5-25-13(23)10-8(3)27-12(11(10)14(24)26-6-2)18-9(22)7-21-15(17)19-20-16(21)28-4/h5-7H2,1-4H3,(H2,17,19)(H,18,22). The van der Waals surface area contributed by atoms with E-state index >= 15 is 0 Å². The Kier molecular flexibility index (Phi) is 7.04. The van der Waals surface area contributed by atoms with Gasteiger partial charge >= 0.3 is 11.9 Å². The van der Waals surface area contributed by atoms with Gasteiger partial charge in [0.2, 0.25) is 17.7 Å². The summed E-state index contributed by atoms with van der Waals surface area (Å²) in [6.07, 6.45) is 1.76. The molecule has 0 saturated carbocycles. The van der Waals surface area contributed by atoms with Crippen LogP contribution in [0.3, 0.4) is 0 Å². The van der Waals surface area contributed by atoms with Crippen LogP contribution in [0.5, 0.6) is 0 Å². The van der Waals surface area contributed by atoms with Gasteiger partial charge in [0.1, 0.15) is 23.4 Å². The summed E-state index contributed by atoms with van der Waals surface area (Å²) < 4.78 is 16.8. The van der Waals surface area contributed by atoms with E-state index in [0.717, 1.165) is 0 Å². The predicted octanol–water partition coefficient (Wildman–Crippen LogP) is 1.48. The van der Waals surface area contributed by atoms with Crippen molar-refractivity contribution >= 4 is 41.4 Å². The molecule has 0 spiro atoms. The van der Waals surface area contributed by atoms with E-state index in [9.17, 15) is 14.4 Å². The van der Waals surface area contributed by atoms with E-state index in [4.69, 9.17) is 19.6 Å². The van der Waals surface area contributed by atoms with Crippen molar-refractivity contribution in [2.45, 2.75) is 32.5 Å². The van der Waals surface area contributed by atoms with Gasteiger partial charge in [0.25, 0.3) is 0 Å². The van der Waals surface area contributed by atoms with Gasteiger partial charge in [0.15, 0.2) is 5.16 Å². The molecule has 2 aromatic rings. The first kappa shape index (κ1) is 21.3. The lowest BCUT2D eigenvalue weighted by Crippen LogP contribution is -2.22. The van der Waals surface area contributed by atoms with Crippen LogP contribution < -0.4 is 11.1 Å². The van der Waals surface area contributed by atoms with Crippen molar-refractivity contribution < 1.29 is 28.3 Å². The van der Waals surface area contributed by atoms with E-state index in [0.29, 0.717) is 5.16 Å². The molecule has 3 N–H and O–H groups in total. The third-order valence-corrected chi connectivity index (χ3v) is 4.19. The first-order valence-electron chi connectivity index (χ1n) is 8.34. The van der Waals surface area contributed by atoms with Crippen LogP contribution in [0.4, 0.5) is 11.8 Å². The first-order valence-corrected chi connectivity index (χ1v) is 9.56. The molecule has 12 heteroatoms. The molecule has 11 nitrogen and oxygen atoms in total. The molecular formula is C16H21N5O6S. The number of nitrogens with one attached hydrogen (secondary N) is 1. The molecule has 0 saturated heterocycles. The molecule has 1 amide bonds. The molecule has 0 bridgehead atoms. The van der Waals surface area contributed by atoms with E-state index in [1.807, 2.05) is 0 Å². The number of aromatic nitrogens is 3. The Labute approximate surface area is 164 Å². The number of thioether (sulfide) groups is 1. The first-order chi connectivity index (χ1) is 13.3. The Morgan fingerprint density at radius 3 is 2.32 bits per heavy atom. The quantitative estimate of drug-likeness (QED) is 0.482. The van der Waals surface area contributed by atoms with Gasteiger partial charge in [0.05, 0.1) is 13.2 Å². The van der Waals surface area contributed by atoms with E-state index in [-0.39, 0.29) is 48.5 Å². The Hall–Kier alpha value is -3.02. The Morgan fingerprint density at radius 1 is 1.14 bits per heavy atom. The van der Waals surface area contributed by atoms with Crippen LogP contribution in [0.15, 0.2) is 9.57 Å². The average Bonchev–Trinajstić information content (AvgIpc) is 3.15. The minimum Gasteiger partial charge on any atom is -0.462 e. The minimum atomic E-state index is -0.814. The van der Waals surface area contributed by atoms with Crippen molar-refractivity contribution in [1.29, 1.82) is 0 Å². The molecule has 0 atom stereocenters. The zero-order chi connectivity index (χ0) is 20.8. The van der Waals surface area contributed by atoms with Crippen molar-refractivity contribution in [3.63, 3.8) is 0 Å². The number of aryl methyl sites for hydroxylation is 1. The van der Waals surface area contributed by atoms with Gasteiger partial charge in [-0.1, -0.05) is 11.8 Å². The highest BCUT2D eigenvalue weighted by molar-refractivity contribution is 7.98. The van der Waals surface area contributed by atoms with Gasteiger partial charge in [-0.15, -0.1) is 10.2 Å². The number of ether oxygens (including phenoxy) is 2. The number of furan rings is 1. The summed E-state index contributed by atoms with van der Waals surface area (Å²) in [6, 6.07) is 0. The summed E-state index contributed by atoms with van der Waals surface area (Å²) in [5.74, 6) is -2.15. The zero-order valence-corrected chi connectivity index (χ0v) is 16.7. The zero-order valence-electron chi connectivity index (χ0n) is 15.9. The second-order valence-corrected chi connectivity index (χ2v) is 6.13. The van der Waals surface area contributed by atoms with Crippen LogP contribution in [0, 0.1) is 6.92 Å². The van der Waals surface area contributed by atoms with Crippen LogP contribution >= 0.6 is 11.8 Å². The normalized spacial score (nSPS) is 10.6. The summed E-state index contributed by atoms with van der Waals surface area (Å²) in [5.41, 5.74) is 5.42. The van der Waals surface area contributed by atoms with E-state index in [1.54, 1.807) is 20.1 Å². The summed E-state index contributed by atoms with van der Waals surface area (Å²) >= 11 is 1.27. The Balaban J connectivity index is 2.35. The second kappa shape index (κ2) is 9.26. The Bertz CT molecular complexity index is 890. The highest BCUT2D eigenvalue weighted by Crippen LogP contribution is 2.29. The molecule has 2 aromatic heterocycles. The highest BCUT2D eigenvalue weighted by atomic mass is 32.2. The second-order valence-electron chi connectivity index (χ2n) is 5.36. The Morgan fingerprint density at radius 2 is 1.75 bits per heavy atom. The molecule has 0 aliphatic rings. The number of nitrogens with two attached hydrogens (primary N) is 1. The van der Waals surface area contributed by atoms with Crippen molar-refractivity contribution in [2.75, 3.05) is 30.5 Å². The van der Waals surface area contributed by atoms with Crippen LogP contribution in [-0.2, 0) is 20.8 Å². The fourth-order valence-electron chi connectivity index (χ4n) is 2.39. The van der Waals surface area contributed by atoms with Crippen molar-refractivity contribution in [2.24, 2.45) is 0 Å². The van der Waals surface area contributed by atoms with Crippen molar-refractivity contribution in [1.82, 2.24) is 14.8 Å². The number of anilines is 2. The highest BCUT2D eigenvalue weighted by Gasteiger charge is 2.31. The van der Waals surface area contributed by atoms with Gasteiger partial charge in [-0.05, 0) is 27.0 Å². The van der Waals surface area contributed by atoms with E-state index in [2.05, 4.69) is 15.5 Å². The van der Waals surface area contributed by atoms with Gasteiger partial charge in [-0.2, -0.15) is 0 Å². The molecule has 0 aromatic carbocycles. The number of rotatable bonds is 8. The third kappa shape index (κ3) is 4.44.